The Balaban J connectivity index is 1.33. The van der Waals surface area contributed by atoms with Crippen molar-refractivity contribution in [2.45, 2.75) is 62.3 Å². The molecule has 2 bridgehead atoms. The SMILES string of the molecule is O[C@H]1[C@H](c2ccc(F)cc2Cl)CC2CC[C@@H]1N2C[C@@H]1Cc2cccnc2[C@@H](O)C1. The zero-order valence-corrected chi connectivity index (χ0v) is 17.0. The number of rotatable bonds is 3. The minimum atomic E-state index is -0.515. The van der Waals surface area contributed by atoms with E-state index in [1.165, 1.54) is 12.1 Å². The second-order valence-electron chi connectivity index (χ2n) is 8.86. The van der Waals surface area contributed by atoms with Gasteiger partial charge in [0.15, 0.2) is 0 Å². The van der Waals surface area contributed by atoms with E-state index in [9.17, 15) is 14.6 Å². The normalized spacial score (nSPS) is 34.2. The average molecular weight is 417 g/mol. The van der Waals surface area contributed by atoms with Crippen LogP contribution in [0.15, 0.2) is 36.5 Å². The smallest absolute Gasteiger partial charge is 0.124 e. The summed E-state index contributed by atoms with van der Waals surface area (Å²) in [5, 5.41) is 22.1. The van der Waals surface area contributed by atoms with Crippen LogP contribution in [0, 0.1) is 11.7 Å². The molecule has 2 fully saturated rings. The highest BCUT2D eigenvalue weighted by Crippen LogP contribution is 2.46. The summed E-state index contributed by atoms with van der Waals surface area (Å²) >= 11 is 6.30. The number of aliphatic hydroxyl groups excluding tert-OH is 2. The first kappa shape index (κ1) is 19.4. The molecule has 1 aromatic heterocycles. The van der Waals surface area contributed by atoms with E-state index >= 15 is 0 Å². The maximum Gasteiger partial charge on any atom is 0.124 e. The molecule has 3 aliphatic rings. The molecule has 154 valence electrons. The molecule has 4 nitrogen and oxygen atoms in total. The fraction of sp³-hybridized carbons (Fsp3) is 0.522. The number of piperidine rings is 1. The Morgan fingerprint density at radius 3 is 2.86 bits per heavy atom. The first-order chi connectivity index (χ1) is 14.0. The predicted octanol–water partition coefficient (Wildman–Crippen LogP) is 3.85. The highest BCUT2D eigenvalue weighted by atomic mass is 35.5. The number of nitrogens with zero attached hydrogens (tertiary/aromatic N) is 2. The molecule has 0 radical (unpaired) electrons. The first-order valence-electron chi connectivity index (χ1n) is 10.5. The number of fused-ring (bicyclic) bond motifs is 3. The monoisotopic (exact) mass is 416 g/mol. The minimum Gasteiger partial charge on any atom is -0.391 e. The Hall–Kier alpha value is -1.53. The summed E-state index contributed by atoms with van der Waals surface area (Å²) in [7, 11) is 0. The van der Waals surface area contributed by atoms with Gasteiger partial charge in [-0.2, -0.15) is 0 Å². The van der Waals surface area contributed by atoms with Crippen LogP contribution in [-0.4, -0.2) is 44.8 Å². The van der Waals surface area contributed by atoms with Crippen molar-refractivity contribution in [2.75, 3.05) is 6.54 Å². The van der Waals surface area contributed by atoms with E-state index < -0.39 is 12.2 Å². The average Bonchev–Trinajstić information content (AvgIpc) is 2.99. The fourth-order valence-electron chi connectivity index (χ4n) is 5.87. The van der Waals surface area contributed by atoms with E-state index in [4.69, 9.17) is 11.6 Å². The van der Waals surface area contributed by atoms with Crippen LogP contribution in [0.3, 0.4) is 0 Å². The zero-order valence-electron chi connectivity index (χ0n) is 16.2. The van der Waals surface area contributed by atoms with E-state index in [2.05, 4.69) is 16.0 Å². The Kier molecular flexibility index (Phi) is 5.11. The minimum absolute atomic E-state index is 0.0567. The van der Waals surface area contributed by atoms with Crippen molar-refractivity contribution in [3.05, 3.63) is 64.2 Å². The highest BCUT2D eigenvalue weighted by molar-refractivity contribution is 6.31. The van der Waals surface area contributed by atoms with Crippen LogP contribution in [0.2, 0.25) is 5.02 Å². The van der Waals surface area contributed by atoms with Gasteiger partial charge in [0, 0.05) is 35.8 Å². The molecule has 0 spiro atoms. The molecule has 1 unspecified atom stereocenters. The maximum absolute atomic E-state index is 13.5. The number of benzene rings is 1. The Morgan fingerprint density at radius 2 is 2.03 bits per heavy atom. The lowest BCUT2D eigenvalue weighted by Gasteiger charge is -2.45. The number of aromatic nitrogens is 1. The summed E-state index contributed by atoms with van der Waals surface area (Å²) in [6, 6.07) is 8.96. The van der Waals surface area contributed by atoms with E-state index in [-0.39, 0.29) is 17.8 Å². The molecule has 1 aliphatic carbocycles. The lowest BCUT2D eigenvalue weighted by Crippen LogP contribution is -2.52. The van der Waals surface area contributed by atoms with Crippen molar-refractivity contribution in [2.24, 2.45) is 5.92 Å². The van der Waals surface area contributed by atoms with Crippen LogP contribution < -0.4 is 0 Å². The molecular formula is C23H26ClFN2O2. The van der Waals surface area contributed by atoms with Crippen molar-refractivity contribution in [3.63, 3.8) is 0 Å². The van der Waals surface area contributed by atoms with Crippen LogP contribution in [0.4, 0.5) is 4.39 Å². The van der Waals surface area contributed by atoms with Gasteiger partial charge in [0.1, 0.15) is 5.82 Å². The molecule has 5 rings (SSSR count). The number of halogens is 2. The van der Waals surface area contributed by atoms with E-state index in [0.717, 1.165) is 49.0 Å². The van der Waals surface area contributed by atoms with Gasteiger partial charge in [-0.25, -0.2) is 4.39 Å². The Labute approximate surface area is 175 Å². The largest absolute Gasteiger partial charge is 0.391 e. The Bertz CT molecular complexity index is 910. The van der Waals surface area contributed by atoms with Gasteiger partial charge in [-0.1, -0.05) is 23.7 Å². The van der Waals surface area contributed by atoms with E-state index in [1.54, 1.807) is 12.3 Å². The van der Waals surface area contributed by atoms with Crippen molar-refractivity contribution in [1.82, 2.24) is 9.88 Å². The van der Waals surface area contributed by atoms with Gasteiger partial charge in [0.25, 0.3) is 0 Å². The molecule has 6 atom stereocenters. The second kappa shape index (κ2) is 7.62. The van der Waals surface area contributed by atoms with Gasteiger partial charge < -0.3 is 10.2 Å². The molecule has 0 saturated carbocycles. The third-order valence-corrected chi connectivity index (χ3v) is 7.49. The third-order valence-electron chi connectivity index (χ3n) is 7.16. The van der Waals surface area contributed by atoms with Crippen molar-refractivity contribution >= 4 is 11.6 Å². The molecule has 6 heteroatoms. The quantitative estimate of drug-likeness (QED) is 0.797. The van der Waals surface area contributed by atoms with E-state index in [1.807, 2.05) is 6.07 Å². The Morgan fingerprint density at radius 1 is 1.17 bits per heavy atom. The number of hydrogen-bond donors (Lipinski definition) is 2. The summed E-state index contributed by atoms with van der Waals surface area (Å²) in [5.74, 6) is -0.0547. The second-order valence-corrected chi connectivity index (χ2v) is 9.27. The standard InChI is InChI=1S/C23H26ClFN2O2/c24-19-10-15(25)3-5-17(19)18-11-16-4-6-20(23(18)29)27(16)12-13-8-14-2-1-7-26-22(14)21(28)9-13/h1-3,5,7,10,13,16,18,20-21,23,28-29H,4,6,8-9,11-12H2/t13-,16?,18+,20+,21+,23+/m1/s1. The summed E-state index contributed by atoms with van der Waals surface area (Å²) in [6.07, 6.45) is 5.20. The molecule has 2 N–H and O–H groups in total. The molecule has 2 aromatic rings. The van der Waals surface area contributed by atoms with E-state index in [0.29, 0.717) is 23.4 Å². The maximum atomic E-state index is 13.5. The summed E-state index contributed by atoms with van der Waals surface area (Å²) < 4.78 is 13.5. The van der Waals surface area contributed by atoms with Gasteiger partial charge in [-0.3, -0.25) is 9.88 Å². The van der Waals surface area contributed by atoms with Crippen LogP contribution in [-0.2, 0) is 6.42 Å². The topological polar surface area (TPSA) is 56.6 Å². The van der Waals surface area contributed by atoms with Crippen LogP contribution in [0.5, 0.6) is 0 Å². The molecule has 1 aromatic carbocycles. The third kappa shape index (κ3) is 3.48. The van der Waals surface area contributed by atoms with Gasteiger partial charge in [0.05, 0.1) is 17.9 Å². The van der Waals surface area contributed by atoms with Crippen LogP contribution in [0.25, 0.3) is 0 Å². The van der Waals surface area contributed by atoms with Crippen LogP contribution >= 0.6 is 11.6 Å². The van der Waals surface area contributed by atoms with Crippen molar-refractivity contribution in [3.8, 4) is 0 Å². The summed E-state index contributed by atoms with van der Waals surface area (Å²) in [4.78, 5) is 6.81. The van der Waals surface area contributed by atoms with Gasteiger partial charge in [-0.15, -0.1) is 0 Å². The number of aliphatic hydroxyl groups is 2. The fourth-order valence-corrected chi connectivity index (χ4v) is 6.17. The molecule has 2 aliphatic heterocycles. The molecule has 3 heterocycles. The van der Waals surface area contributed by atoms with Gasteiger partial charge in [0.2, 0.25) is 0 Å². The first-order valence-corrected chi connectivity index (χ1v) is 10.9. The molecular weight excluding hydrogens is 391 g/mol. The molecule has 0 amide bonds. The predicted molar refractivity (Wildman–Crippen MR) is 109 cm³/mol. The van der Waals surface area contributed by atoms with Gasteiger partial charge >= 0.3 is 0 Å². The van der Waals surface area contributed by atoms with Gasteiger partial charge in [-0.05, 0) is 67.3 Å². The molecule has 2 saturated heterocycles. The zero-order chi connectivity index (χ0) is 20.1. The van der Waals surface area contributed by atoms with Crippen molar-refractivity contribution < 1.29 is 14.6 Å². The number of hydrogen-bond acceptors (Lipinski definition) is 4. The summed E-state index contributed by atoms with van der Waals surface area (Å²) in [5.41, 5.74) is 2.80. The highest BCUT2D eigenvalue weighted by Gasteiger charge is 2.48. The van der Waals surface area contributed by atoms with Crippen molar-refractivity contribution in [1.29, 1.82) is 0 Å². The molecule has 29 heavy (non-hydrogen) atoms. The van der Waals surface area contributed by atoms with Crippen LogP contribution in [0.1, 0.15) is 54.5 Å². The summed E-state index contributed by atoms with van der Waals surface area (Å²) in [6.45, 7) is 0.877. The lowest BCUT2D eigenvalue weighted by molar-refractivity contribution is -0.0150. The lowest BCUT2D eigenvalue weighted by atomic mass is 9.80. The number of pyridine rings is 1.